The van der Waals surface area contributed by atoms with Crippen LogP contribution in [0.2, 0.25) is 0 Å². The molecule has 0 aromatic carbocycles. The lowest BCUT2D eigenvalue weighted by Gasteiger charge is -2.37. The second-order valence-corrected chi connectivity index (χ2v) is 7.14. The van der Waals surface area contributed by atoms with E-state index in [0.29, 0.717) is 17.6 Å². The predicted octanol–water partition coefficient (Wildman–Crippen LogP) is 4.74. The van der Waals surface area contributed by atoms with E-state index in [9.17, 15) is 4.79 Å². The lowest BCUT2D eigenvalue weighted by Crippen LogP contribution is -2.26. The molecular weight excluding hydrogens is 236 g/mol. The first-order chi connectivity index (χ1) is 8.80. The molecule has 2 heteroatoms. The Balaban J connectivity index is 2.13. The van der Waals surface area contributed by atoms with Crippen molar-refractivity contribution < 1.29 is 9.53 Å². The van der Waals surface area contributed by atoms with E-state index in [1.165, 1.54) is 32.1 Å². The molecule has 0 atom stereocenters. The topological polar surface area (TPSA) is 26.3 Å². The SMILES string of the molecule is C=C(C)C(=O)OCCCC1CCC(C(C)(C)C)CC1. The summed E-state index contributed by atoms with van der Waals surface area (Å²) in [4.78, 5) is 11.2. The van der Waals surface area contributed by atoms with Crippen LogP contribution in [0.1, 0.15) is 66.2 Å². The molecule has 0 aromatic rings. The lowest BCUT2D eigenvalue weighted by molar-refractivity contribution is -0.139. The molecule has 0 aromatic heterocycles. The zero-order valence-electron chi connectivity index (χ0n) is 13.1. The summed E-state index contributed by atoms with van der Waals surface area (Å²) in [6.45, 7) is 12.9. The molecule has 1 aliphatic carbocycles. The van der Waals surface area contributed by atoms with Gasteiger partial charge in [0.25, 0.3) is 0 Å². The van der Waals surface area contributed by atoms with Gasteiger partial charge in [0.15, 0.2) is 0 Å². The van der Waals surface area contributed by atoms with Crippen molar-refractivity contribution in [1.82, 2.24) is 0 Å². The van der Waals surface area contributed by atoms with Crippen LogP contribution in [-0.4, -0.2) is 12.6 Å². The van der Waals surface area contributed by atoms with E-state index in [-0.39, 0.29) is 5.97 Å². The highest BCUT2D eigenvalue weighted by molar-refractivity contribution is 5.86. The molecule has 110 valence electrons. The van der Waals surface area contributed by atoms with Crippen molar-refractivity contribution in [2.75, 3.05) is 6.61 Å². The summed E-state index contributed by atoms with van der Waals surface area (Å²) in [6, 6.07) is 0. The van der Waals surface area contributed by atoms with Crippen LogP contribution in [0.15, 0.2) is 12.2 Å². The van der Waals surface area contributed by atoms with Gasteiger partial charge in [-0.3, -0.25) is 0 Å². The highest BCUT2D eigenvalue weighted by atomic mass is 16.5. The van der Waals surface area contributed by atoms with Gasteiger partial charge in [0.2, 0.25) is 0 Å². The average molecular weight is 266 g/mol. The summed E-state index contributed by atoms with van der Waals surface area (Å²) >= 11 is 0. The molecule has 2 nitrogen and oxygen atoms in total. The van der Waals surface area contributed by atoms with Crippen molar-refractivity contribution in [3.8, 4) is 0 Å². The third-order valence-corrected chi connectivity index (χ3v) is 4.41. The van der Waals surface area contributed by atoms with Gasteiger partial charge in [-0.05, 0) is 49.9 Å². The smallest absolute Gasteiger partial charge is 0.333 e. The molecule has 0 bridgehead atoms. The van der Waals surface area contributed by atoms with E-state index in [0.717, 1.165) is 18.3 Å². The number of ether oxygens (including phenoxy) is 1. The Morgan fingerprint density at radius 3 is 2.26 bits per heavy atom. The van der Waals surface area contributed by atoms with Crippen LogP contribution in [0.4, 0.5) is 0 Å². The fourth-order valence-electron chi connectivity index (χ4n) is 2.98. The van der Waals surface area contributed by atoms with Crippen LogP contribution in [-0.2, 0) is 9.53 Å². The second-order valence-electron chi connectivity index (χ2n) is 7.14. The largest absolute Gasteiger partial charge is 0.462 e. The van der Waals surface area contributed by atoms with E-state index in [1.807, 2.05) is 0 Å². The third-order valence-electron chi connectivity index (χ3n) is 4.41. The van der Waals surface area contributed by atoms with E-state index >= 15 is 0 Å². The molecule has 0 spiro atoms. The van der Waals surface area contributed by atoms with Crippen molar-refractivity contribution in [1.29, 1.82) is 0 Å². The number of rotatable bonds is 5. The van der Waals surface area contributed by atoms with Gasteiger partial charge in [0.05, 0.1) is 6.61 Å². The van der Waals surface area contributed by atoms with Crippen LogP contribution in [0.3, 0.4) is 0 Å². The summed E-state index contributed by atoms with van der Waals surface area (Å²) in [7, 11) is 0. The number of hydrogen-bond donors (Lipinski definition) is 0. The Hall–Kier alpha value is -0.790. The zero-order valence-corrected chi connectivity index (χ0v) is 13.1. The summed E-state index contributed by atoms with van der Waals surface area (Å²) in [6.07, 6.45) is 7.59. The minimum atomic E-state index is -0.253. The van der Waals surface area contributed by atoms with Gasteiger partial charge in [0, 0.05) is 5.57 Å². The van der Waals surface area contributed by atoms with Crippen molar-refractivity contribution >= 4 is 5.97 Å². The fraction of sp³-hybridized carbons (Fsp3) is 0.824. The van der Waals surface area contributed by atoms with Crippen LogP contribution in [0.5, 0.6) is 0 Å². The number of carbonyl (C=O) groups excluding carboxylic acids is 1. The first kappa shape index (κ1) is 16.3. The van der Waals surface area contributed by atoms with Crippen LogP contribution in [0, 0.1) is 17.3 Å². The van der Waals surface area contributed by atoms with Gasteiger partial charge in [-0.2, -0.15) is 0 Å². The van der Waals surface area contributed by atoms with E-state index in [1.54, 1.807) is 6.92 Å². The standard InChI is InChI=1S/C17H30O2/c1-13(2)16(18)19-12-6-7-14-8-10-15(11-9-14)17(3,4)5/h14-15H,1,6-12H2,2-5H3. The fourth-order valence-corrected chi connectivity index (χ4v) is 2.98. The molecule has 0 amide bonds. The van der Waals surface area contributed by atoms with Gasteiger partial charge >= 0.3 is 5.97 Å². The minimum absolute atomic E-state index is 0.253. The molecule has 1 aliphatic rings. The molecule has 1 rings (SSSR count). The maximum absolute atomic E-state index is 11.2. The monoisotopic (exact) mass is 266 g/mol. The van der Waals surface area contributed by atoms with E-state index in [2.05, 4.69) is 27.4 Å². The lowest BCUT2D eigenvalue weighted by atomic mass is 9.69. The molecular formula is C17H30O2. The maximum atomic E-state index is 11.2. The highest BCUT2D eigenvalue weighted by Crippen LogP contribution is 2.40. The maximum Gasteiger partial charge on any atom is 0.333 e. The normalized spacial score (nSPS) is 24.0. The number of carbonyl (C=O) groups is 1. The molecule has 1 fully saturated rings. The number of esters is 1. The molecule has 1 saturated carbocycles. The highest BCUT2D eigenvalue weighted by Gasteiger charge is 2.29. The van der Waals surface area contributed by atoms with Crippen molar-refractivity contribution in [3.05, 3.63) is 12.2 Å². The van der Waals surface area contributed by atoms with E-state index < -0.39 is 0 Å². The predicted molar refractivity (Wildman–Crippen MR) is 79.9 cm³/mol. The summed E-state index contributed by atoms with van der Waals surface area (Å²) in [5.74, 6) is 1.46. The third kappa shape index (κ3) is 5.80. The second kappa shape index (κ2) is 7.12. The van der Waals surface area contributed by atoms with Gasteiger partial charge in [0.1, 0.15) is 0 Å². The van der Waals surface area contributed by atoms with Crippen LogP contribution in [0.25, 0.3) is 0 Å². The Labute approximate surface area is 118 Å². The molecule has 0 radical (unpaired) electrons. The molecule has 0 heterocycles. The Morgan fingerprint density at radius 2 is 1.79 bits per heavy atom. The van der Waals surface area contributed by atoms with Gasteiger partial charge in [-0.15, -0.1) is 0 Å². The van der Waals surface area contributed by atoms with Crippen LogP contribution >= 0.6 is 0 Å². The Morgan fingerprint density at radius 1 is 1.21 bits per heavy atom. The molecule has 0 saturated heterocycles. The van der Waals surface area contributed by atoms with Gasteiger partial charge in [-0.1, -0.05) is 40.2 Å². The minimum Gasteiger partial charge on any atom is -0.462 e. The molecule has 0 N–H and O–H groups in total. The van der Waals surface area contributed by atoms with E-state index in [4.69, 9.17) is 4.74 Å². The summed E-state index contributed by atoms with van der Waals surface area (Å²) in [5, 5.41) is 0. The van der Waals surface area contributed by atoms with Gasteiger partial charge < -0.3 is 4.74 Å². The summed E-state index contributed by atoms with van der Waals surface area (Å²) < 4.78 is 5.13. The van der Waals surface area contributed by atoms with Gasteiger partial charge in [-0.25, -0.2) is 4.79 Å². The molecule has 0 aliphatic heterocycles. The van der Waals surface area contributed by atoms with Crippen molar-refractivity contribution in [3.63, 3.8) is 0 Å². The Bertz CT molecular complexity index is 304. The summed E-state index contributed by atoms with van der Waals surface area (Å²) in [5.41, 5.74) is 0.952. The first-order valence-electron chi connectivity index (χ1n) is 7.63. The molecule has 19 heavy (non-hydrogen) atoms. The van der Waals surface area contributed by atoms with Crippen molar-refractivity contribution in [2.45, 2.75) is 66.2 Å². The number of hydrogen-bond acceptors (Lipinski definition) is 2. The molecule has 0 unspecified atom stereocenters. The Kier molecular flexibility index (Phi) is 6.09. The van der Waals surface area contributed by atoms with Crippen molar-refractivity contribution in [2.24, 2.45) is 17.3 Å². The first-order valence-corrected chi connectivity index (χ1v) is 7.63. The average Bonchev–Trinajstić information content (AvgIpc) is 2.33. The van der Waals surface area contributed by atoms with Crippen LogP contribution < -0.4 is 0 Å². The quantitative estimate of drug-likeness (QED) is 0.408. The zero-order chi connectivity index (χ0) is 14.5.